The molecule has 7 N–H and O–H groups in total. The molecule has 89 heavy (non-hydrogen) atoms. The number of nitrogens with one attached hydrogen (secondary N) is 4. The molecular weight excluding hydrogens is 1170 g/mol. The largest absolute Gasteiger partial charge is 0.391 e. The Hall–Kier alpha value is -4.82. The van der Waals surface area contributed by atoms with Crippen LogP contribution in [0.2, 0.25) is 0 Å². The van der Waals surface area contributed by atoms with Crippen LogP contribution in [0.5, 0.6) is 0 Å². The molecule has 2 unspecified atom stereocenters. The number of sulfone groups is 1. The minimum Gasteiger partial charge on any atom is -0.391 e. The molecule has 11 heterocycles. The number of hydrogen-bond donors (Lipinski definition) is 6. The van der Waals surface area contributed by atoms with Gasteiger partial charge in [-0.2, -0.15) is 0 Å². The van der Waals surface area contributed by atoms with Crippen molar-refractivity contribution in [2.45, 2.75) is 263 Å². The van der Waals surface area contributed by atoms with Crippen LogP contribution in [0.25, 0.3) is 0 Å². The van der Waals surface area contributed by atoms with Crippen molar-refractivity contribution in [2.24, 2.45) is 23.5 Å². The summed E-state index contributed by atoms with van der Waals surface area (Å²) in [7, 11) is -1.97. The first-order chi connectivity index (χ1) is 42.6. The van der Waals surface area contributed by atoms with Gasteiger partial charge in [0, 0.05) is 89.6 Å². The normalized spacial score (nSPS) is 36.0. The molecule has 0 aliphatic carbocycles. The van der Waals surface area contributed by atoms with Crippen molar-refractivity contribution in [3.8, 4) is 11.8 Å². The Kier molecular flexibility index (Phi) is 22.2. The van der Waals surface area contributed by atoms with Crippen molar-refractivity contribution in [1.29, 1.82) is 0 Å². The van der Waals surface area contributed by atoms with Crippen LogP contribution in [0.1, 0.15) is 148 Å². The lowest BCUT2D eigenvalue weighted by atomic mass is 9.81. The topological polar surface area (TPSA) is 323 Å². The van der Waals surface area contributed by atoms with Crippen LogP contribution in [-0.2, 0) is 76.4 Å². The summed E-state index contributed by atoms with van der Waals surface area (Å²) in [6.07, 6.45) is 6.82. The van der Waals surface area contributed by atoms with Crippen LogP contribution in [0.4, 0.5) is 0 Å². The fraction of sp³-hybridized carbons (Fsp3) is 0.766. The number of nitrogens with two attached hydrogens (primary N) is 1. The molecule has 10 saturated heterocycles. The molecule has 4 amide bonds. The van der Waals surface area contributed by atoms with E-state index < -0.39 is 100 Å². The number of ketones is 1. The third-order valence-corrected chi connectivity index (χ3v) is 20.3. The number of fused-ring (bicyclic) bond motifs is 6. The SMILES string of the molecule is C=C1C[C@@H]2CC[C@@]34CC5O[C@H]6[C@@H](O3)[C@H]3O[C@H](CC[C@@H]3O[C@H]6[C@H]5O4)CC(=O)C[C@@H]3[C@@H](OC)[C@@H](C[C@H](O)CNC(=O)CNC(=O)[C@H](CCCCN)NC(=O)[C@@H](NC(=O)CCCC#Cc4cnc(S(C)(=O)=O)nc4)C(C)C)O[C@H]3C[C@H]3O[C@@H](CCC1O2)C[C@@H](C)C3=C. The summed E-state index contributed by atoms with van der Waals surface area (Å²) < 4.78 is 84.1. The maximum atomic E-state index is 14.5. The number of carbonyl (C=O) groups is 5. The van der Waals surface area contributed by atoms with E-state index in [0.29, 0.717) is 69.9 Å². The highest BCUT2D eigenvalue weighted by Gasteiger charge is 2.69. The summed E-state index contributed by atoms with van der Waals surface area (Å²) >= 11 is 0. The van der Waals surface area contributed by atoms with Gasteiger partial charge in [-0.25, -0.2) is 18.4 Å². The van der Waals surface area contributed by atoms with Crippen molar-refractivity contribution in [2.75, 3.05) is 33.0 Å². The van der Waals surface area contributed by atoms with Crippen LogP contribution in [0.3, 0.4) is 0 Å². The first-order valence-electron chi connectivity index (χ1n) is 32.3. The standard InChI is InChI=1S/C64H93N7O17S/c1-34(2)54(71-52(74)15-10-8-9-13-38-30-68-63(69-31-38)89(7,78)79)62(77)70-45(14-11-12-22-65)61(76)67-33-53(75)66-32-40(73)27-50-55(80-6)44-26-39(72)25-42-17-19-47-56(83-42)60-59-58(85-47)57-51(86-59)29-64(87-57,88-60)21-20-43-24-36(4)46(81-43)18-16-41-23-35(3)37(5)48(82-41)28-49(44)84-50/h30-31,34-35,40-51,54-60,73H,4-5,8,10-12,14-29,32-33,65H2,1-3,6-7H3,(H,66,75)(H,67,76)(H,70,77)(H,71,74)/t35-,40+,41+,42-,43+,44+,45+,46?,47+,48-,49+,50-,51?,54+,55-,56+,57+,58+,59-,60+,64+/m1/s1. The van der Waals surface area contributed by atoms with E-state index in [-0.39, 0.29) is 122 Å². The molecule has 10 aliphatic rings. The zero-order valence-corrected chi connectivity index (χ0v) is 52.9. The number of amides is 4. The zero-order valence-electron chi connectivity index (χ0n) is 52.1. The Morgan fingerprint density at radius 1 is 0.809 bits per heavy atom. The zero-order chi connectivity index (χ0) is 63.3. The molecule has 10 aliphatic heterocycles. The van der Waals surface area contributed by atoms with Crippen LogP contribution in [0, 0.1) is 29.6 Å². The molecule has 1 spiro atoms. The minimum atomic E-state index is -3.55. The summed E-state index contributed by atoms with van der Waals surface area (Å²) in [6, 6.07) is -2.04. The highest BCUT2D eigenvalue weighted by atomic mass is 32.2. The van der Waals surface area contributed by atoms with Gasteiger partial charge in [-0.15, -0.1) is 0 Å². The quantitative estimate of drug-likeness (QED) is 0.0473. The van der Waals surface area contributed by atoms with Crippen molar-refractivity contribution in [1.82, 2.24) is 31.2 Å². The van der Waals surface area contributed by atoms with E-state index in [1.54, 1.807) is 21.0 Å². The number of nitrogens with zero attached hydrogens (tertiary/aromatic N) is 2. The first kappa shape index (κ1) is 67.1. The molecular formula is C64H93N7O17S. The number of Topliss-reactive ketones (excluding diaryl/α,β-unsaturated/α-hetero) is 1. The fourth-order valence-electron chi connectivity index (χ4n) is 14.7. The second kappa shape index (κ2) is 29.4. The van der Waals surface area contributed by atoms with Gasteiger partial charge in [0.2, 0.25) is 38.6 Å². The van der Waals surface area contributed by atoms with Crippen LogP contribution < -0.4 is 27.0 Å². The van der Waals surface area contributed by atoms with E-state index in [9.17, 15) is 37.5 Å². The lowest BCUT2D eigenvalue weighted by Crippen LogP contribution is -2.61. The average molecular weight is 1260 g/mol. The van der Waals surface area contributed by atoms with Gasteiger partial charge in [-0.3, -0.25) is 24.0 Å². The number of hydrogen-bond acceptors (Lipinski definition) is 20. The van der Waals surface area contributed by atoms with Crippen molar-refractivity contribution >= 4 is 39.2 Å². The van der Waals surface area contributed by atoms with E-state index in [0.717, 1.165) is 49.5 Å². The smallest absolute Gasteiger partial charge is 0.246 e. The van der Waals surface area contributed by atoms with E-state index in [4.69, 9.17) is 48.4 Å². The molecule has 11 rings (SSSR count). The molecule has 492 valence electrons. The number of ether oxygens (including phenoxy) is 9. The maximum Gasteiger partial charge on any atom is 0.246 e. The molecule has 0 radical (unpaired) electrons. The molecule has 25 heteroatoms. The predicted octanol–water partition coefficient (Wildman–Crippen LogP) is 2.88. The predicted molar refractivity (Wildman–Crippen MR) is 321 cm³/mol. The van der Waals surface area contributed by atoms with Crippen LogP contribution in [-0.4, -0.2) is 201 Å². The molecule has 0 aromatic carbocycles. The lowest BCUT2D eigenvalue weighted by molar-refractivity contribution is -0.292. The Morgan fingerprint density at radius 2 is 1.54 bits per heavy atom. The summed E-state index contributed by atoms with van der Waals surface area (Å²) in [6.45, 7) is 14.4. The molecule has 1 aromatic heterocycles. The Balaban J connectivity index is 0.741. The van der Waals surface area contributed by atoms with E-state index in [1.165, 1.54) is 12.4 Å². The fourth-order valence-corrected chi connectivity index (χ4v) is 15.2. The number of aromatic nitrogens is 2. The molecule has 10 fully saturated rings. The second-order valence-corrected chi connectivity index (χ2v) is 28.4. The number of aliphatic hydroxyl groups is 1. The van der Waals surface area contributed by atoms with Crippen molar-refractivity contribution in [3.63, 3.8) is 0 Å². The summed E-state index contributed by atoms with van der Waals surface area (Å²) in [5.41, 5.74) is 8.21. The number of aliphatic hydroxyl groups excluding tert-OH is 1. The highest BCUT2D eigenvalue weighted by molar-refractivity contribution is 7.90. The van der Waals surface area contributed by atoms with Gasteiger partial charge >= 0.3 is 0 Å². The minimum absolute atomic E-state index is 0.0111. The van der Waals surface area contributed by atoms with Crippen molar-refractivity contribution in [3.05, 3.63) is 42.3 Å². The van der Waals surface area contributed by atoms with E-state index >= 15 is 0 Å². The lowest BCUT2D eigenvalue weighted by Gasteiger charge is -2.47. The summed E-state index contributed by atoms with van der Waals surface area (Å²) in [5, 5.41) is 22.1. The van der Waals surface area contributed by atoms with Gasteiger partial charge in [0.15, 0.2) is 5.79 Å². The monoisotopic (exact) mass is 1260 g/mol. The van der Waals surface area contributed by atoms with Gasteiger partial charge in [-0.1, -0.05) is 45.8 Å². The highest BCUT2D eigenvalue weighted by Crippen LogP contribution is 2.54. The molecule has 1 aromatic rings. The van der Waals surface area contributed by atoms with Gasteiger partial charge in [0.1, 0.15) is 48.4 Å². The van der Waals surface area contributed by atoms with Gasteiger partial charge < -0.3 is 74.7 Å². The number of unbranched alkanes of at least 4 members (excludes halogenated alkanes) is 2. The second-order valence-electron chi connectivity index (χ2n) is 26.5. The number of carbonyl (C=O) groups excluding carboxylic acids is 5. The number of rotatable bonds is 20. The summed E-state index contributed by atoms with van der Waals surface area (Å²) in [5.74, 6) is 2.09. The first-order valence-corrected chi connectivity index (χ1v) is 34.2. The van der Waals surface area contributed by atoms with Gasteiger partial charge in [0.05, 0.1) is 79.3 Å². The molecule has 24 nitrogen and oxygen atoms in total. The van der Waals surface area contributed by atoms with Gasteiger partial charge in [-0.05, 0) is 100 Å². The third-order valence-electron chi connectivity index (χ3n) is 19.4. The Labute approximate surface area is 522 Å². The van der Waals surface area contributed by atoms with Crippen molar-refractivity contribution < 1.29 is 80.1 Å². The number of methoxy groups -OCH3 is 1. The average Bonchev–Trinajstić information content (AvgIpc) is 1.56. The Bertz CT molecular complexity index is 2910. The molecule has 0 saturated carbocycles. The molecule has 12 bridgehead atoms. The third kappa shape index (κ3) is 16.3. The Morgan fingerprint density at radius 3 is 2.29 bits per heavy atom. The molecule has 21 atom stereocenters. The van der Waals surface area contributed by atoms with E-state index in [1.807, 2.05) is 0 Å². The van der Waals surface area contributed by atoms with Crippen LogP contribution in [0.15, 0.2) is 41.9 Å². The van der Waals surface area contributed by atoms with Crippen LogP contribution >= 0.6 is 0 Å². The van der Waals surface area contributed by atoms with E-state index in [2.05, 4.69) is 63.2 Å². The van der Waals surface area contributed by atoms with Gasteiger partial charge in [0.25, 0.3) is 0 Å². The maximum absolute atomic E-state index is 14.5. The summed E-state index contributed by atoms with van der Waals surface area (Å²) in [4.78, 5) is 76.0.